The SMILES string of the molecule is CN(CCCCCO)C(=O)NC1COCC1(C)C(=O)O. The average Bonchev–Trinajstić information content (AvgIpc) is 2.77. The molecule has 2 atom stereocenters. The monoisotopic (exact) mass is 288 g/mol. The molecule has 0 saturated carbocycles. The number of nitrogens with zero attached hydrogens (tertiary/aromatic N) is 1. The molecule has 0 aromatic heterocycles. The highest BCUT2D eigenvalue weighted by Crippen LogP contribution is 2.28. The molecule has 1 saturated heterocycles. The molecular weight excluding hydrogens is 264 g/mol. The van der Waals surface area contributed by atoms with E-state index in [0.29, 0.717) is 6.54 Å². The molecule has 0 aliphatic carbocycles. The fourth-order valence-electron chi connectivity index (χ4n) is 2.08. The molecule has 0 aromatic rings. The van der Waals surface area contributed by atoms with Crippen LogP contribution >= 0.6 is 0 Å². The van der Waals surface area contributed by atoms with E-state index in [1.54, 1.807) is 14.0 Å². The molecule has 2 amide bonds. The van der Waals surface area contributed by atoms with Crippen LogP contribution in [0.3, 0.4) is 0 Å². The van der Waals surface area contributed by atoms with Gasteiger partial charge in [-0.1, -0.05) is 0 Å². The van der Waals surface area contributed by atoms with Crippen molar-refractivity contribution in [2.45, 2.75) is 32.2 Å². The van der Waals surface area contributed by atoms with Crippen molar-refractivity contribution in [3.8, 4) is 0 Å². The third-order valence-corrected chi connectivity index (χ3v) is 3.74. The van der Waals surface area contributed by atoms with E-state index in [1.807, 2.05) is 0 Å². The maximum atomic E-state index is 12.0. The van der Waals surface area contributed by atoms with Crippen LogP contribution in [-0.4, -0.2) is 66.6 Å². The first-order chi connectivity index (χ1) is 9.41. The summed E-state index contributed by atoms with van der Waals surface area (Å²) in [5.41, 5.74) is -1.08. The number of rotatable bonds is 7. The van der Waals surface area contributed by atoms with Crippen molar-refractivity contribution in [1.29, 1.82) is 0 Å². The predicted molar refractivity (Wildman–Crippen MR) is 72.4 cm³/mol. The molecule has 3 N–H and O–H groups in total. The highest BCUT2D eigenvalue weighted by molar-refractivity contribution is 5.79. The van der Waals surface area contributed by atoms with Gasteiger partial charge in [0, 0.05) is 20.2 Å². The maximum absolute atomic E-state index is 12.0. The number of carbonyl (C=O) groups excluding carboxylic acids is 1. The molecule has 7 nitrogen and oxygen atoms in total. The third-order valence-electron chi connectivity index (χ3n) is 3.74. The first kappa shape index (κ1) is 16.7. The van der Waals surface area contributed by atoms with Gasteiger partial charge in [-0.25, -0.2) is 4.79 Å². The molecule has 0 bridgehead atoms. The molecule has 0 radical (unpaired) electrons. The Morgan fingerprint density at radius 1 is 1.40 bits per heavy atom. The number of hydrogen-bond acceptors (Lipinski definition) is 4. The van der Waals surface area contributed by atoms with Gasteiger partial charge in [-0.15, -0.1) is 0 Å². The van der Waals surface area contributed by atoms with Crippen LogP contribution < -0.4 is 5.32 Å². The zero-order chi connectivity index (χ0) is 15.2. The van der Waals surface area contributed by atoms with Crippen molar-refractivity contribution < 1.29 is 24.5 Å². The van der Waals surface area contributed by atoms with E-state index in [2.05, 4.69) is 5.32 Å². The summed E-state index contributed by atoms with van der Waals surface area (Å²) in [6.45, 7) is 2.63. The number of hydrogen-bond donors (Lipinski definition) is 3. The van der Waals surface area contributed by atoms with Crippen LogP contribution in [0.15, 0.2) is 0 Å². The summed E-state index contributed by atoms with van der Waals surface area (Å²) in [7, 11) is 1.67. The average molecular weight is 288 g/mol. The fourth-order valence-corrected chi connectivity index (χ4v) is 2.08. The number of amides is 2. The van der Waals surface area contributed by atoms with Crippen molar-refractivity contribution in [3.05, 3.63) is 0 Å². The Bertz CT molecular complexity index is 350. The maximum Gasteiger partial charge on any atom is 0.317 e. The molecule has 1 aliphatic heterocycles. The van der Waals surface area contributed by atoms with Gasteiger partial charge in [0.25, 0.3) is 0 Å². The molecule has 1 fully saturated rings. The molecular formula is C13H24N2O5. The number of aliphatic hydroxyl groups is 1. The molecule has 1 aliphatic rings. The van der Waals surface area contributed by atoms with Gasteiger partial charge in [0.15, 0.2) is 0 Å². The summed E-state index contributed by atoms with van der Waals surface area (Å²) in [6, 6.07) is -0.815. The van der Waals surface area contributed by atoms with E-state index in [0.717, 1.165) is 19.3 Å². The largest absolute Gasteiger partial charge is 0.481 e. The topological polar surface area (TPSA) is 99.1 Å². The number of aliphatic carboxylic acids is 1. The molecule has 20 heavy (non-hydrogen) atoms. The number of carboxylic acids is 1. The highest BCUT2D eigenvalue weighted by atomic mass is 16.5. The lowest BCUT2D eigenvalue weighted by molar-refractivity contribution is -0.148. The summed E-state index contributed by atoms with van der Waals surface area (Å²) < 4.78 is 5.19. The van der Waals surface area contributed by atoms with Crippen LogP contribution in [0.1, 0.15) is 26.2 Å². The van der Waals surface area contributed by atoms with Gasteiger partial charge in [0.05, 0.1) is 19.3 Å². The Morgan fingerprint density at radius 3 is 2.70 bits per heavy atom. The summed E-state index contributed by atoms with van der Waals surface area (Å²) in [5, 5.41) is 20.6. The Hall–Kier alpha value is -1.34. The zero-order valence-electron chi connectivity index (χ0n) is 12.1. The molecule has 1 heterocycles. The number of unbranched alkanes of at least 4 members (excludes halogenated alkanes) is 2. The lowest BCUT2D eigenvalue weighted by atomic mass is 9.85. The van der Waals surface area contributed by atoms with Gasteiger partial charge >= 0.3 is 12.0 Å². The minimum absolute atomic E-state index is 0.105. The van der Waals surface area contributed by atoms with Crippen molar-refractivity contribution in [2.24, 2.45) is 5.41 Å². The molecule has 2 unspecified atom stereocenters. The van der Waals surface area contributed by atoms with Crippen LogP contribution in [-0.2, 0) is 9.53 Å². The number of carboxylic acid groups (broad SMARTS) is 1. The minimum atomic E-state index is -1.08. The second kappa shape index (κ2) is 7.44. The summed E-state index contributed by atoms with van der Waals surface area (Å²) in [4.78, 5) is 24.8. The second-order valence-electron chi connectivity index (χ2n) is 5.45. The number of nitrogens with one attached hydrogen (secondary N) is 1. The molecule has 1 rings (SSSR count). The van der Waals surface area contributed by atoms with Crippen LogP contribution in [0.25, 0.3) is 0 Å². The lowest BCUT2D eigenvalue weighted by Crippen LogP contribution is -2.52. The van der Waals surface area contributed by atoms with Crippen molar-refractivity contribution in [1.82, 2.24) is 10.2 Å². The van der Waals surface area contributed by atoms with Crippen LogP contribution in [0.4, 0.5) is 4.79 Å². The van der Waals surface area contributed by atoms with E-state index in [4.69, 9.17) is 9.84 Å². The van der Waals surface area contributed by atoms with E-state index in [9.17, 15) is 14.7 Å². The Kier molecular flexibility index (Phi) is 6.22. The quantitative estimate of drug-likeness (QED) is 0.584. The number of urea groups is 1. The molecule has 116 valence electrons. The third kappa shape index (κ3) is 4.08. The van der Waals surface area contributed by atoms with Gasteiger partial charge < -0.3 is 25.2 Å². The summed E-state index contributed by atoms with van der Waals surface area (Å²) >= 11 is 0. The van der Waals surface area contributed by atoms with Gasteiger partial charge in [-0.05, 0) is 26.2 Å². The highest BCUT2D eigenvalue weighted by Gasteiger charge is 2.47. The second-order valence-corrected chi connectivity index (χ2v) is 5.45. The number of aliphatic hydroxyl groups excluding tert-OH is 1. The molecule has 0 spiro atoms. The van der Waals surface area contributed by atoms with Crippen molar-refractivity contribution >= 4 is 12.0 Å². The standard InChI is InChI=1S/C13H24N2O5/c1-13(11(17)18)9-20-8-10(13)14-12(19)15(2)6-4-3-5-7-16/h10,16H,3-9H2,1-2H3,(H,14,19)(H,17,18). The number of carbonyl (C=O) groups is 2. The van der Waals surface area contributed by atoms with Crippen molar-refractivity contribution in [2.75, 3.05) is 33.4 Å². The zero-order valence-corrected chi connectivity index (χ0v) is 12.1. The first-order valence-electron chi connectivity index (χ1n) is 6.85. The van der Waals surface area contributed by atoms with Crippen molar-refractivity contribution in [3.63, 3.8) is 0 Å². The fraction of sp³-hybridized carbons (Fsp3) is 0.846. The summed E-state index contributed by atoms with van der Waals surface area (Å²) in [6.07, 6.45) is 2.39. The van der Waals surface area contributed by atoms with E-state index in [1.165, 1.54) is 4.90 Å². The van der Waals surface area contributed by atoms with Gasteiger partial charge in [-0.3, -0.25) is 4.79 Å². The molecule has 7 heteroatoms. The van der Waals surface area contributed by atoms with E-state index in [-0.39, 0.29) is 25.9 Å². The van der Waals surface area contributed by atoms with E-state index < -0.39 is 17.4 Å². The number of ether oxygens (including phenoxy) is 1. The van der Waals surface area contributed by atoms with Crippen LogP contribution in [0, 0.1) is 5.41 Å². The first-order valence-corrected chi connectivity index (χ1v) is 6.85. The van der Waals surface area contributed by atoms with Gasteiger partial charge in [0.2, 0.25) is 0 Å². The van der Waals surface area contributed by atoms with Gasteiger partial charge in [0.1, 0.15) is 5.41 Å². The van der Waals surface area contributed by atoms with Crippen LogP contribution in [0.2, 0.25) is 0 Å². The Morgan fingerprint density at radius 2 is 2.10 bits per heavy atom. The van der Waals surface area contributed by atoms with Gasteiger partial charge in [-0.2, -0.15) is 0 Å². The predicted octanol–water partition coefficient (Wildman–Crippen LogP) is 0.280. The Labute approximate surface area is 118 Å². The summed E-state index contributed by atoms with van der Waals surface area (Å²) in [5.74, 6) is -0.967. The van der Waals surface area contributed by atoms with Crippen LogP contribution in [0.5, 0.6) is 0 Å². The Balaban J connectivity index is 2.43. The lowest BCUT2D eigenvalue weighted by Gasteiger charge is -2.27. The molecule has 0 aromatic carbocycles. The van der Waals surface area contributed by atoms with E-state index >= 15 is 0 Å². The normalized spacial score (nSPS) is 25.4. The minimum Gasteiger partial charge on any atom is -0.481 e. The smallest absolute Gasteiger partial charge is 0.317 e.